The Bertz CT molecular complexity index is 2690. The van der Waals surface area contributed by atoms with Crippen molar-refractivity contribution in [3.8, 4) is 11.5 Å². The minimum atomic E-state index is -5.13. The van der Waals surface area contributed by atoms with Crippen molar-refractivity contribution in [3.63, 3.8) is 0 Å². The van der Waals surface area contributed by atoms with Gasteiger partial charge < -0.3 is 49.0 Å². The van der Waals surface area contributed by atoms with Crippen molar-refractivity contribution in [2.75, 3.05) is 83.1 Å². The van der Waals surface area contributed by atoms with Crippen LogP contribution in [-0.2, 0) is 6.18 Å². The van der Waals surface area contributed by atoms with Crippen molar-refractivity contribution >= 4 is 92.0 Å². The molecule has 0 radical (unpaired) electrons. The van der Waals surface area contributed by atoms with E-state index in [0.717, 1.165) is 13.1 Å². The number of piperazine rings is 1. The smallest absolute Gasteiger partial charge is 0.432 e. The summed E-state index contributed by atoms with van der Waals surface area (Å²) in [5, 5.41) is 13.9. The maximum atomic E-state index is 14.5. The van der Waals surface area contributed by atoms with E-state index in [1.807, 2.05) is 19.0 Å². The number of aromatic nitrogens is 2. The number of carbonyl (C=O) groups excluding carboxylic acids is 3. The average Bonchev–Trinajstić information content (AvgIpc) is 4.02. The molecule has 3 aromatic heterocycles. The largest absolute Gasteiger partial charge is 0.493 e. The summed E-state index contributed by atoms with van der Waals surface area (Å²) in [5.41, 5.74) is -1.43. The fraction of sp³-hybridized carbons (Fsp3) is 0.317. The molecule has 2 aliphatic heterocycles. The number of aromatic amines is 2. The molecule has 0 unspecified atom stereocenters. The quantitative estimate of drug-likeness (QED) is 0.101. The molecule has 61 heavy (non-hydrogen) atoms. The van der Waals surface area contributed by atoms with Gasteiger partial charge in [-0.1, -0.05) is 12.1 Å². The number of para-hydroxylation sites is 1. The average molecular weight is 887 g/mol. The van der Waals surface area contributed by atoms with Crippen molar-refractivity contribution in [1.82, 2.24) is 24.7 Å². The lowest BCUT2D eigenvalue weighted by Gasteiger charge is -2.34. The molecule has 1 atom stereocenters. The van der Waals surface area contributed by atoms with Gasteiger partial charge in [-0.25, -0.2) is 9.59 Å². The molecular weight excluding hydrogens is 846 g/mol. The van der Waals surface area contributed by atoms with Gasteiger partial charge in [0.1, 0.15) is 11.4 Å². The summed E-state index contributed by atoms with van der Waals surface area (Å²) >= 11 is 6.39. The van der Waals surface area contributed by atoms with Gasteiger partial charge in [0.15, 0.2) is 22.8 Å². The molecule has 20 heteroatoms. The van der Waals surface area contributed by atoms with Gasteiger partial charge >= 0.3 is 18.2 Å². The number of ether oxygens (including phenoxy) is 2. The Labute approximate surface area is 356 Å². The van der Waals surface area contributed by atoms with Crippen LogP contribution in [0, 0.1) is 0 Å². The molecule has 8 rings (SSSR count). The first-order valence-corrected chi connectivity index (χ1v) is 19.4. The van der Waals surface area contributed by atoms with Crippen LogP contribution in [0.2, 0.25) is 0 Å². The second kappa shape index (κ2) is 16.8. The van der Waals surface area contributed by atoms with Gasteiger partial charge in [0.05, 0.1) is 23.9 Å². The van der Waals surface area contributed by atoms with Gasteiger partial charge in [-0.3, -0.25) is 14.5 Å². The third-order valence-electron chi connectivity index (χ3n) is 10.8. The predicted octanol–water partition coefficient (Wildman–Crippen LogP) is 7.46. The first kappa shape index (κ1) is 43.1. The van der Waals surface area contributed by atoms with Crippen LogP contribution in [0.5, 0.6) is 11.5 Å². The molecule has 5 heterocycles. The first-order valence-electron chi connectivity index (χ1n) is 18.9. The van der Waals surface area contributed by atoms with E-state index in [1.165, 1.54) is 23.0 Å². The van der Waals surface area contributed by atoms with E-state index in [1.54, 1.807) is 48.5 Å². The van der Waals surface area contributed by atoms with Gasteiger partial charge in [0.25, 0.3) is 11.8 Å². The minimum absolute atomic E-state index is 0. The van der Waals surface area contributed by atoms with Crippen LogP contribution >= 0.6 is 24.0 Å². The van der Waals surface area contributed by atoms with Crippen LogP contribution in [0.3, 0.4) is 0 Å². The predicted molar refractivity (Wildman–Crippen MR) is 224 cm³/mol. The van der Waals surface area contributed by atoms with E-state index in [2.05, 4.69) is 20.2 Å². The monoisotopic (exact) mass is 885 g/mol. The van der Waals surface area contributed by atoms with Crippen molar-refractivity contribution in [3.05, 3.63) is 82.9 Å². The number of H-pyrrole nitrogens is 2. The van der Waals surface area contributed by atoms with Gasteiger partial charge in [0, 0.05) is 91.0 Å². The molecule has 1 fully saturated rings. The first-order chi connectivity index (χ1) is 28.6. The molecule has 0 aliphatic carbocycles. The number of nitrogens with zero attached hydrogens (tertiary/aromatic N) is 4. The van der Waals surface area contributed by atoms with Gasteiger partial charge in [-0.2, -0.15) is 13.2 Å². The molecule has 4 N–H and O–H groups in total. The summed E-state index contributed by atoms with van der Waals surface area (Å²) in [6, 6.07) is 14.6. The Balaban J connectivity index is 0.00000561. The third-order valence-corrected chi connectivity index (χ3v) is 11.2. The molecule has 322 valence electrons. The Morgan fingerprint density at radius 1 is 1.00 bits per heavy atom. The maximum absolute atomic E-state index is 14.5. The molecule has 3 aromatic carbocycles. The van der Waals surface area contributed by atoms with E-state index >= 15 is 0 Å². The highest BCUT2D eigenvalue weighted by Gasteiger charge is 2.44. The number of nitrogens with one attached hydrogen (secondary N) is 3. The van der Waals surface area contributed by atoms with E-state index in [4.69, 9.17) is 25.5 Å². The fourth-order valence-electron chi connectivity index (χ4n) is 7.85. The van der Waals surface area contributed by atoms with Crippen molar-refractivity contribution in [2.45, 2.75) is 12.1 Å². The molecule has 15 nitrogen and oxygen atoms in total. The highest BCUT2D eigenvalue weighted by atomic mass is 35.5. The number of carboxylic acid groups (broad SMARTS) is 1. The topological polar surface area (TPSA) is 177 Å². The number of amides is 3. The molecule has 6 aromatic rings. The number of likely N-dealkylation sites (N-methyl/N-ethyl adjacent to an activating group) is 1. The number of benzene rings is 3. The van der Waals surface area contributed by atoms with Crippen molar-refractivity contribution in [1.29, 1.82) is 0 Å². The molecule has 0 spiro atoms. The lowest BCUT2D eigenvalue weighted by Crippen LogP contribution is -2.50. The van der Waals surface area contributed by atoms with Gasteiger partial charge in [0.2, 0.25) is 0 Å². The SMILES string of the molecule is COc1cccc2cc(C(=O)Nc3ccc4[nH]c(C(=O)N5C[C@@H](CCl)c6c5cc(OC(=O)N5CCN(CCN(C)C)CC5)c5[nH]c(C(F)(F)F)c(C(=O)O)c65)cc4c3)oc12.Cl. The number of halogens is 5. The summed E-state index contributed by atoms with van der Waals surface area (Å²) in [5.74, 6) is -3.84. The number of furan rings is 1. The number of anilines is 2. The third kappa shape index (κ3) is 8.15. The number of methoxy groups -OCH3 is 1. The summed E-state index contributed by atoms with van der Waals surface area (Å²) in [6.07, 6.45) is -5.97. The van der Waals surface area contributed by atoms with E-state index < -0.39 is 47.2 Å². The lowest BCUT2D eigenvalue weighted by molar-refractivity contribution is -0.141. The lowest BCUT2D eigenvalue weighted by atomic mass is 9.95. The molecule has 0 bridgehead atoms. The highest BCUT2D eigenvalue weighted by Crippen LogP contribution is 2.49. The Morgan fingerprint density at radius 2 is 1.75 bits per heavy atom. The Morgan fingerprint density at radius 3 is 2.43 bits per heavy atom. The van der Waals surface area contributed by atoms with E-state index in [-0.39, 0.29) is 64.2 Å². The number of carbonyl (C=O) groups is 4. The molecule has 1 saturated heterocycles. The second-order valence-electron chi connectivity index (χ2n) is 14.9. The Hall–Kier alpha value is -5.95. The zero-order chi connectivity index (χ0) is 42.6. The van der Waals surface area contributed by atoms with Crippen LogP contribution in [0.15, 0.2) is 59.0 Å². The summed E-state index contributed by atoms with van der Waals surface area (Å²) < 4.78 is 60.2. The number of rotatable bonds is 10. The van der Waals surface area contributed by atoms with Crippen LogP contribution in [-0.4, -0.2) is 127 Å². The van der Waals surface area contributed by atoms with Crippen molar-refractivity contribution in [2.24, 2.45) is 0 Å². The maximum Gasteiger partial charge on any atom is 0.432 e. The molecular formula is C41H40Cl2F3N7O8. The standard InChI is InChI=1S/C41H39ClF3N7O8.ClH/c1-49(2)9-10-50-11-13-51(14-12-50)40(57)60-29-18-27-31(32-33(39(55)56)36(41(43,44)45)48-34(29)32)23(19-42)20-52(27)38(54)26-16-22-15-24(7-8-25(22)47-26)46-37(53)30-17-21-5-4-6-28(58-3)35(21)59-30;/h4-8,15-18,23,47-48H,9-14,19-20H2,1-3H3,(H,46,53)(H,55,56);1H/t23-;/m1./s1. The number of aromatic carboxylic acids is 1. The van der Waals surface area contributed by atoms with Crippen LogP contribution < -0.4 is 19.7 Å². The number of hydrogen-bond donors (Lipinski definition) is 4. The minimum Gasteiger partial charge on any atom is -0.493 e. The molecule has 2 aliphatic rings. The summed E-state index contributed by atoms with van der Waals surface area (Å²) in [6.45, 7) is 3.14. The second-order valence-corrected chi connectivity index (χ2v) is 15.2. The number of carboxylic acids is 1. The summed E-state index contributed by atoms with van der Waals surface area (Å²) in [7, 11) is 5.41. The zero-order valence-corrected chi connectivity index (χ0v) is 34.5. The number of hydrogen-bond acceptors (Lipinski definition) is 9. The fourth-order valence-corrected chi connectivity index (χ4v) is 8.11. The number of alkyl halides is 4. The number of fused-ring (bicyclic) bond motifs is 5. The van der Waals surface area contributed by atoms with Crippen molar-refractivity contribution < 1.29 is 51.3 Å². The van der Waals surface area contributed by atoms with Crippen LogP contribution in [0.25, 0.3) is 32.8 Å². The van der Waals surface area contributed by atoms with Gasteiger partial charge in [-0.05, 0) is 56.1 Å². The highest BCUT2D eigenvalue weighted by molar-refractivity contribution is 6.20. The van der Waals surface area contributed by atoms with E-state index in [9.17, 15) is 37.5 Å². The molecule has 0 saturated carbocycles. The summed E-state index contributed by atoms with van der Waals surface area (Å²) in [4.78, 5) is 65.9. The Kier molecular flexibility index (Phi) is 11.9. The zero-order valence-electron chi connectivity index (χ0n) is 32.9. The normalized spacial score (nSPS) is 15.7. The van der Waals surface area contributed by atoms with Crippen LogP contribution in [0.1, 0.15) is 48.6 Å². The molecule has 3 amide bonds. The van der Waals surface area contributed by atoms with Gasteiger partial charge in [-0.15, -0.1) is 24.0 Å². The van der Waals surface area contributed by atoms with E-state index in [0.29, 0.717) is 59.5 Å². The van der Waals surface area contributed by atoms with Crippen LogP contribution in [0.4, 0.5) is 29.3 Å².